The third kappa shape index (κ3) is 5.02. The second-order valence-electron chi connectivity index (χ2n) is 4.97. The molecule has 1 saturated heterocycles. The van der Waals surface area contributed by atoms with Crippen LogP contribution < -0.4 is 11.3 Å². The molecule has 1 rings (SSSR count). The number of aliphatic hydroxyl groups is 1. The maximum Gasteiger partial charge on any atom is 0.233 e. The van der Waals surface area contributed by atoms with E-state index in [1.54, 1.807) is 0 Å². The van der Waals surface area contributed by atoms with Gasteiger partial charge in [0.15, 0.2) is 0 Å². The van der Waals surface area contributed by atoms with E-state index in [9.17, 15) is 4.79 Å². The molecule has 2 atom stereocenters. The van der Waals surface area contributed by atoms with Crippen LogP contribution in [0.15, 0.2) is 0 Å². The number of piperidine rings is 1. The number of carbonyl (C=O) groups excluding carboxylic acids is 1. The molecule has 1 fully saturated rings. The minimum absolute atomic E-state index is 0.0965. The first-order chi connectivity index (χ1) is 8.17. The predicted molar refractivity (Wildman–Crippen MR) is 67.0 cm³/mol. The predicted octanol–water partition coefficient (Wildman–Crippen LogP) is 0.239. The van der Waals surface area contributed by atoms with E-state index < -0.39 is 0 Å². The topological polar surface area (TPSA) is 78.6 Å². The molecule has 0 aromatic rings. The molecule has 1 heterocycles. The van der Waals surface area contributed by atoms with Gasteiger partial charge in [-0.1, -0.05) is 0 Å². The van der Waals surface area contributed by atoms with Gasteiger partial charge in [0.25, 0.3) is 0 Å². The zero-order valence-corrected chi connectivity index (χ0v) is 10.7. The number of hydrogen-bond acceptors (Lipinski definition) is 4. The molecule has 1 amide bonds. The van der Waals surface area contributed by atoms with Crippen molar-refractivity contribution in [3.63, 3.8) is 0 Å². The average Bonchev–Trinajstić information content (AvgIpc) is 2.36. The largest absolute Gasteiger partial charge is 0.396 e. The maximum absolute atomic E-state index is 11.1. The zero-order valence-electron chi connectivity index (χ0n) is 10.7. The lowest BCUT2D eigenvalue weighted by Gasteiger charge is -2.36. The Bertz CT molecular complexity index is 234. The number of amides is 1. The normalized spacial score (nSPS) is 23.4. The monoisotopic (exact) mass is 243 g/mol. The smallest absolute Gasteiger partial charge is 0.233 e. The second kappa shape index (κ2) is 7.63. The van der Waals surface area contributed by atoms with Crippen LogP contribution in [0.2, 0.25) is 0 Å². The maximum atomic E-state index is 11.1. The average molecular weight is 243 g/mol. The Morgan fingerprint density at radius 3 is 3.06 bits per heavy atom. The third-order valence-corrected chi connectivity index (χ3v) is 3.66. The fourth-order valence-electron chi connectivity index (χ4n) is 2.51. The number of carbonyl (C=O) groups is 1. The van der Waals surface area contributed by atoms with Gasteiger partial charge in [0.1, 0.15) is 0 Å². The zero-order chi connectivity index (χ0) is 12.7. The van der Waals surface area contributed by atoms with Gasteiger partial charge in [-0.2, -0.15) is 0 Å². The highest BCUT2D eigenvalue weighted by Gasteiger charge is 2.23. The molecule has 0 aromatic carbocycles. The summed E-state index contributed by atoms with van der Waals surface area (Å²) in [5.74, 6) is 5.57. The Morgan fingerprint density at radius 2 is 2.41 bits per heavy atom. The molecule has 0 bridgehead atoms. The first kappa shape index (κ1) is 14.4. The van der Waals surface area contributed by atoms with Gasteiger partial charge in [0.2, 0.25) is 5.91 Å². The molecule has 1 aliphatic heterocycles. The SMILES string of the molecule is CC(CCC(=O)NN)N1CCCC(CCO)C1. The Labute approximate surface area is 103 Å². The molecule has 0 aliphatic carbocycles. The van der Waals surface area contributed by atoms with Crippen molar-refractivity contribution in [3.05, 3.63) is 0 Å². The number of rotatable bonds is 6. The molecule has 100 valence electrons. The van der Waals surface area contributed by atoms with Crippen molar-refractivity contribution in [2.45, 2.75) is 45.1 Å². The van der Waals surface area contributed by atoms with Gasteiger partial charge >= 0.3 is 0 Å². The summed E-state index contributed by atoms with van der Waals surface area (Å²) in [6, 6.07) is 0.411. The van der Waals surface area contributed by atoms with Crippen molar-refractivity contribution in [1.29, 1.82) is 0 Å². The van der Waals surface area contributed by atoms with Gasteiger partial charge in [0.05, 0.1) is 0 Å². The molecule has 2 unspecified atom stereocenters. The van der Waals surface area contributed by atoms with Crippen LogP contribution in [0.3, 0.4) is 0 Å². The van der Waals surface area contributed by atoms with Crippen molar-refractivity contribution in [2.75, 3.05) is 19.7 Å². The molecule has 0 spiro atoms. The Balaban J connectivity index is 2.30. The summed E-state index contributed by atoms with van der Waals surface area (Å²) >= 11 is 0. The molecule has 0 aromatic heterocycles. The number of aliphatic hydroxyl groups excluding tert-OH is 1. The summed E-state index contributed by atoms with van der Waals surface area (Å²) in [7, 11) is 0. The van der Waals surface area contributed by atoms with Gasteiger partial charge in [-0.25, -0.2) is 5.84 Å². The summed E-state index contributed by atoms with van der Waals surface area (Å²) in [5, 5.41) is 8.97. The summed E-state index contributed by atoms with van der Waals surface area (Å²) in [6.45, 7) is 4.59. The van der Waals surface area contributed by atoms with Crippen LogP contribution in [0.5, 0.6) is 0 Å². The van der Waals surface area contributed by atoms with Crippen LogP contribution in [-0.2, 0) is 4.79 Å². The van der Waals surface area contributed by atoms with E-state index in [0.717, 1.165) is 25.9 Å². The van der Waals surface area contributed by atoms with E-state index >= 15 is 0 Å². The molecule has 5 heteroatoms. The molecule has 1 aliphatic rings. The highest BCUT2D eigenvalue weighted by molar-refractivity contribution is 5.75. The van der Waals surface area contributed by atoms with Crippen LogP contribution in [0, 0.1) is 5.92 Å². The van der Waals surface area contributed by atoms with Crippen molar-refractivity contribution in [1.82, 2.24) is 10.3 Å². The van der Waals surface area contributed by atoms with Crippen LogP contribution in [0.1, 0.15) is 39.0 Å². The minimum Gasteiger partial charge on any atom is -0.396 e. The lowest BCUT2D eigenvalue weighted by molar-refractivity contribution is -0.121. The van der Waals surface area contributed by atoms with Gasteiger partial charge < -0.3 is 10.0 Å². The number of hydrogen-bond donors (Lipinski definition) is 3. The fraction of sp³-hybridized carbons (Fsp3) is 0.917. The van der Waals surface area contributed by atoms with E-state index in [-0.39, 0.29) is 12.5 Å². The fourth-order valence-corrected chi connectivity index (χ4v) is 2.51. The van der Waals surface area contributed by atoms with E-state index in [1.807, 2.05) is 0 Å². The van der Waals surface area contributed by atoms with Crippen molar-refractivity contribution in [2.24, 2.45) is 11.8 Å². The van der Waals surface area contributed by atoms with Crippen molar-refractivity contribution >= 4 is 5.91 Å². The van der Waals surface area contributed by atoms with Crippen molar-refractivity contribution < 1.29 is 9.90 Å². The van der Waals surface area contributed by atoms with Gasteiger partial charge in [0, 0.05) is 25.6 Å². The third-order valence-electron chi connectivity index (χ3n) is 3.66. The summed E-state index contributed by atoms with van der Waals surface area (Å²) in [6.07, 6.45) is 4.63. The Morgan fingerprint density at radius 1 is 1.65 bits per heavy atom. The first-order valence-corrected chi connectivity index (χ1v) is 6.51. The Kier molecular flexibility index (Phi) is 6.47. The summed E-state index contributed by atoms with van der Waals surface area (Å²) in [4.78, 5) is 13.5. The quantitative estimate of drug-likeness (QED) is 0.355. The molecule has 0 saturated carbocycles. The number of likely N-dealkylation sites (tertiary alicyclic amines) is 1. The number of hydrazine groups is 1. The van der Waals surface area contributed by atoms with Crippen LogP contribution in [0.25, 0.3) is 0 Å². The number of nitrogens with two attached hydrogens (primary N) is 1. The molecule has 5 nitrogen and oxygen atoms in total. The minimum atomic E-state index is -0.0965. The van der Waals surface area contributed by atoms with Crippen molar-refractivity contribution in [3.8, 4) is 0 Å². The first-order valence-electron chi connectivity index (χ1n) is 6.51. The lowest BCUT2D eigenvalue weighted by atomic mass is 9.93. The standard InChI is InChI=1S/C12H25N3O2/c1-10(4-5-12(17)14-13)15-7-2-3-11(9-15)6-8-16/h10-11,16H,2-9,13H2,1H3,(H,14,17). The number of nitrogens with zero attached hydrogens (tertiary/aromatic N) is 1. The molecular weight excluding hydrogens is 218 g/mol. The molecule has 4 N–H and O–H groups in total. The van der Waals surface area contributed by atoms with E-state index in [1.165, 1.54) is 12.8 Å². The van der Waals surface area contributed by atoms with Gasteiger partial charge in [-0.15, -0.1) is 0 Å². The second-order valence-corrected chi connectivity index (χ2v) is 4.97. The Hall–Kier alpha value is -0.650. The van der Waals surface area contributed by atoms with E-state index in [4.69, 9.17) is 10.9 Å². The lowest BCUT2D eigenvalue weighted by Crippen LogP contribution is -2.42. The van der Waals surface area contributed by atoms with Crippen LogP contribution >= 0.6 is 0 Å². The van der Waals surface area contributed by atoms with Crippen LogP contribution in [0.4, 0.5) is 0 Å². The van der Waals surface area contributed by atoms with Gasteiger partial charge in [-0.3, -0.25) is 10.2 Å². The summed E-state index contributed by atoms with van der Waals surface area (Å²) in [5.41, 5.74) is 2.16. The van der Waals surface area contributed by atoms with Crippen LogP contribution in [-0.4, -0.2) is 41.7 Å². The highest BCUT2D eigenvalue weighted by atomic mass is 16.3. The molecular formula is C12H25N3O2. The van der Waals surface area contributed by atoms with E-state index in [0.29, 0.717) is 18.4 Å². The number of nitrogens with one attached hydrogen (secondary N) is 1. The summed E-state index contributed by atoms with van der Waals surface area (Å²) < 4.78 is 0. The molecule has 0 radical (unpaired) electrons. The van der Waals surface area contributed by atoms with E-state index in [2.05, 4.69) is 17.2 Å². The molecule has 17 heavy (non-hydrogen) atoms. The highest BCUT2D eigenvalue weighted by Crippen LogP contribution is 2.22. The van der Waals surface area contributed by atoms with Gasteiger partial charge in [-0.05, 0) is 45.1 Å².